The molecular formula is C17H12Br2F3NO3. The van der Waals surface area contributed by atoms with E-state index in [4.69, 9.17) is 0 Å². The Morgan fingerprint density at radius 2 is 1.69 bits per heavy atom. The number of rotatable bonds is 5. The van der Waals surface area contributed by atoms with Gasteiger partial charge in [0.2, 0.25) is 0 Å². The van der Waals surface area contributed by atoms with Crippen molar-refractivity contribution in [2.75, 3.05) is 0 Å². The Hall–Kier alpha value is -1.87. The second-order valence-electron chi connectivity index (χ2n) is 5.42. The van der Waals surface area contributed by atoms with Crippen LogP contribution in [0.5, 0.6) is 0 Å². The highest BCUT2D eigenvalue weighted by atomic mass is 79.9. The third-order valence-corrected chi connectivity index (χ3v) is 4.34. The van der Waals surface area contributed by atoms with Gasteiger partial charge in [-0.25, -0.2) is 4.79 Å². The van der Waals surface area contributed by atoms with Crippen LogP contribution in [-0.2, 0) is 17.4 Å². The smallest absolute Gasteiger partial charge is 0.416 e. The Morgan fingerprint density at radius 1 is 1.08 bits per heavy atom. The van der Waals surface area contributed by atoms with Crippen molar-refractivity contribution in [1.29, 1.82) is 0 Å². The number of alkyl halides is 3. The van der Waals surface area contributed by atoms with Crippen LogP contribution in [0.1, 0.15) is 21.5 Å². The topological polar surface area (TPSA) is 66.4 Å². The molecule has 0 aliphatic rings. The first-order valence-corrected chi connectivity index (χ1v) is 8.81. The second-order valence-corrected chi connectivity index (χ2v) is 7.26. The summed E-state index contributed by atoms with van der Waals surface area (Å²) >= 11 is 6.45. The molecule has 2 aromatic rings. The Kier molecular flexibility index (Phi) is 6.46. The molecule has 0 aromatic heterocycles. The van der Waals surface area contributed by atoms with E-state index in [0.717, 1.165) is 12.1 Å². The van der Waals surface area contributed by atoms with Crippen molar-refractivity contribution in [3.63, 3.8) is 0 Å². The predicted octanol–water partition coefficient (Wildman–Crippen LogP) is 4.66. The maximum atomic E-state index is 12.8. The fourth-order valence-electron chi connectivity index (χ4n) is 2.24. The third kappa shape index (κ3) is 5.57. The van der Waals surface area contributed by atoms with Gasteiger partial charge in [0, 0.05) is 20.9 Å². The number of carboxylic acids is 1. The summed E-state index contributed by atoms with van der Waals surface area (Å²) in [5, 5.41) is 11.6. The van der Waals surface area contributed by atoms with Gasteiger partial charge in [-0.05, 0) is 29.8 Å². The van der Waals surface area contributed by atoms with Crippen molar-refractivity contribution >= 4 is 43.7 Å². The number of hydrogen-bond donors (Lipinski definition) is 2. The van der Waals surface area contributed by atoms with E-state index < -0.39 is 29.7 Å². The quantitative estimate of drug-likeness (QED) is 0.635. The number of carboxylic acid groups (broad SMARTS) is 1. The van der Waals surface area contributed by atoms with Crippen molar-refractivity contribution in [1.82, 2.24) is 5.32 Å². The predicted molar refractivity (Wildman–Crippen MR) is 95.9 cm³/mol. The average Bonchev–Trinajstić information content (AvgIpc) is 2.52. The van der Waals surface area contributed by atoms with E-state index in [2.05, 4.69) is 37.2 Å². The number of halogens is 5. The first kappa shape index (κ1) is 20.4. The molecule has 0 aliphatic heterocycles. The lowest BCUT2D eigenvalue weighted by Gasteiger charge is -2.16. The molecule has 4 nitrogen and oxygen atoms in total. The van der Waals surface area contributed by atoms with Gasteiger partial charge in [0.15, 0.2) is 0 Å². The average molecular weight is 495 g/mol. The highest BCUT2D eigenvalue weighted by Crippen LogP contribution is 2.29. The van der Waals surface area contributed by atoms with Gasteiger partial charge in [-0.15, -0.1) is 0 Å². The molecule has 0 radical (unpaired) electrons. The molecule has 2 N–H and O–H groups in total. The molecule has 0 unspecified atom stereocenters. The van der Waals surface area contributed by atoms with Gasteiger partial charge in [0.25, 0.3) is 5.91 Å². The lowest BCUT2D eigenvalue weighted by Crippen LogP contribution is -2.42. The Bertz CT molecular complexity index is 820. The highest BCUT2D eigenvalue weighted by molar-refractivity contribution is 9.11. The normalized spacial score (nSPS) is 12.5. The van der Waals surface area contributed by atoms with Gasteiger partial charge in [0.05, 0.1) is 5.56 Å². The van der Waals surface area contributed by atoms with Crippen LogP contribution in [0.4, 0.5) is 13.2 Å². The van der Waals surface area contributed by atoms with E-state index in [1.165, 1.54) is 24.3 Å². The van der Waals surface area contributed by atoms with Crippen LogP contribution in [0.3, 0.4) is 0 Å². The summed E-state index contributed by atoms with van der Waals surface area (Å²) in [4.78, 5) is 23.7. The van der Waals surface area contributed by atoms with Crippen molar-refractivity contribution in [3.05, 3.63) is 68.1 Å². The molecule has 2 aromatic carbocycles. The van der Waals surface area contributed by atoms with Gasteiger partial charge < -0.3 is 10.4 Å². The van der Waals surface area contributed by atoms with Crippen molar-refractivity contribution < 1.29 is 27.9 Å². The molecule has 2 rings (SSSR count). The molecule has 9 heteroatoms. The lowest BCUT2D eigenvalue weighted by atomic mass is 10.0. The molecule has 0 spiro atoms. The first-order chi connectivity index (χ1) is 12.1. The van der Waals surface area contributed by atoms with Crippen molar-refractivity contribution in [3.8, 4) is 0 Å². The van der Waals surface area contributed by atoms with Crippen LogP contribution < -0.4 is 5.32 Å². The van der Waals surface area contributed by atoms with Gasteiger partial charge in [-0.3, -0.25) is 4.79 Å². The van der Waals surface area contributed by atoms with Crippen LogP contribution in [0.25, 0.3) is 0 Å². The number of nitrogens with one attached hydrogen (secondary N) is 1. The SMILES string of the molecule is O=C(N[C@@H](Cc1cccc(C(F)(F)F)c1)C(=O)O)c1cc(Br)cc(Br)c1. The Labute approximate surface area is 163 Å². The molecule has 0 saturated heterocycles. The molecule has 26 heavy (non-hydrogen) atoms. The standard InChI is InChI=1S/C17H12Br2F3NO3/c18-12-6-10(7-13(19)8-12)15(24)23-14(16(25)26)5-9-2-1-3-11(4-9)17(20,21)22/h1-4,6-8,14H,5H2,(H,23,24)(H,25,26)/t14-/m0/s1. The number of aliphatic carboxylic acids is 1. The van der Waals surface area contributed by atoms with E-state index in [0.29, 0.717) is 8.95 Å². The summed E-state index contributed by atoms with van der Waals surface area (Å²) in [6, 6.07) is 7.69. The van der Waals surface area contributed by atoms with Crippen LogP contribution in [0.2, 0.25) is 0 Å². The molecule has 1 atom stereocenters. The van der Waals surface area contributed by atoms with E-state index in [1.54, 1.807) is 6.07 Å². The summed E-state index contributed by atoms with van der Waals surface area (Å²) in [6.45, 7) is 0. The summed E-state index contributed by atoms with van der Waals surface area (Å²) in [5.74, 6) is -1.99. The monoisotopic (exact) mass is 493 g/mol. The molecule has 138 valence electrons. The molecular weight excluding hydrogens is 483 g/mol. The molecule has 0 aliphatic carbocycles. The Balaban J connectivity index is 2.19. The zero-order chi connectivity index (χ0) is 19.5. The van der Waals surface area contributed by atoms with Crippen molar-refractivity contribution in [2.24, 2.45) is 0 Å². The number of carbonyl (C=O) groups is 2. The van der Waals surface area contributed by atoms with E-state index in [-0.39, 0.29) is 17.5 Å². The molecule has 0 heterocycles. The maximum absolute atomic E-state index is 12.8. The molecule has 0 fully saturated rings. The van der Waals surface area contributed by atoms with Gasteiger partial charge in [-0.2, -0.15) is 13.2 Å². The number of benzene rings is 2. The maximum Gasteiger partial charge on any atom is 0.416 e. The highest BCUT2D eigenvalue weighted by Gasteiger charge is 2.31. The number of hydrogen-bond acceptors (Lipinski definition) is 2. The summed E-state index contributed by atoms with van der Waals surface area (Å²) < 4.78 is 39.6. The summed E-state index contributed by atoms with van der Waals surface area (Å²) in [5.41, 5.74) is -0.508. The minimum absolute atomic E-state index is 0.156. The Morgan fingerprint density at radius 3 is 2.23 bits per heavy atom. The fourth-order valence-corrected chi connectivity index (χ4v) is 3.53. The van der Waals surface area contributed by atoms with E-state index in [1.807, 2.05) is 0 Å². The van der Waals surface area contributed by atoms with Crippen LogP contribution in [0, 0.1) is 0 Å². The van der Waals surface area contributed by atoms with Gasteiger partial charge in [-0.1, -0.05) is 50.1 Å². The minimum Gasteiger partial charge on any atom is -0.480 e. The fraction of sp³-hybridized carbons (Fsp3) is 0.176. The number of amides is 1. The van der Waals surface area contributed by atoms with E-state index in [9.17, 15) is 27.9 Å². The largest absolute Gasteiger partial charge is 0.480 e. The van der Waals surface area contributed by atoms with Crippen LogP contribution in [-0.4, -0.2) is 23.0 Å². The van der Waals surface area contributed by atoms with Gasteiger partial charge >= 0.3 is 12.1 Å². The number of carbonyl (C=O) groups excluding carboxylic acids is 1. The molecule has 1 amide bonds. The zero-order valence-corrected chi connectivity index (χ0v) is 16.2. The second kappa shape index (κ2) is 8.22. The van der Waals surface area contributed by atoms with Crippen LogP contribution >= 0.6 is 31.9 Å². The molecule has 0 saturated carbocycles. The van der Waals surface area contributed by atoms with Crippen molar-refractivity contribution in [2.45, 2.75) is 18.6 Å². The minimum atomic E-state index is -4.53. The summed E-state index contributed by atoms with van der Waals surface area (Å²) in [7, 11) is 0. The third-order valence-electron chi connectivity index (χ3n) is 3.42. The lowest BCUT2D eigenvalue weighted by molar-refractivity contribution is -0.139. The van der Waals surface area contributed by atoms with Crippen LogP contribution in [0.15, 0.2) is 51.4 Å². The zero-order valence-electron chi connectivity index (χ0n) is 13.0. The van der Waals surface area contributed by atoms with E-state index >= 15 is 0 Å². The first-order valence-electron chi connectivity index (χ1n) is 7.22. The summed E-state index contributed by atoms with van der Waals surface area (Å²) in [6.07, 6.45) is -4.80. The van der Waals surface area contributed by atoms with Gasteiger partial charge in [0.1, 0.15) is 6.04 Å². The molecule has 0 bridgehead atoms.